The van der Waals surface area contributed by atoms with Gasteiger partial charge in [0.2, 0.25) is 0 Å². The van der Waals surface area contributed by atoms with Crippen LogP contribution in [0.15, 0.2) is 53.8 Å². The van der Waals surface area contributed by atoms with Crippen LogP contribution in [0.4, 0.5) is 0 Å². The molecule has 0 saturated carbocycles. The number of terminal acetylenes is 1. The van der Waals surface area contributed by atoms with Gasteiger partial charge in [-0.3, -0.25) is 9.59 Å². The fraction of sp³-hybridized carbons (Fsp3) is 0.414. The standard InChI is InChI=1S/C29H31N3O6/c1-7-21-10-12-22(13-11-21)23-15-32(31-30-23)26-17(3)24(16(2)9-8-14-36-19(5)33)27(37-20(6)34)25-18(4)29(35)38-28(25)26/h1,10-13,15-16,25-28H,4,8-9,14H2,2-3,5-6H3/t16-,25-,26+,27+,28-/m0/s1. The lowest BCUT2D eigenvalue weighted by Crippen LogP contribution is -2.46. The number of hydrogen-bond donors (Lipinski definition) is 0. The Morgan fingerprint density at radius 3 is 2.58 bits per heavy atom. The second kappa shape index (κ2) is 11.1. The predicted octanol–water partition coefficient (Wildman–Crippen LogP) is 3.81. The van der Waals surface area contributed by atoms with Gasteiger partial charge in [0.05, 0.1) is 18.7 Å². The summed E-state index contributed by atoms with van der Waals surface area (Å²) in [6.45, 7) is 11.0. The van der Waals surface area contributed by atoms with Crippen LogP contribution in [-0.4, -0.2) is 51.7 Å². The van der Waals surface area contributed by atoms with Gasteiger partial charge in [-0.05, 0) is 49.0 Å². The average molecular weight is 518 g/mol. The van der Waals surface area contributed by atoms with Crippen LogP contribution < -0.4 is 0 Å². The van der Waals surface area contributed by atoms with E-state index in [0.29, 0.717) is 25.1 Å². The number of hydrogen-bond acceptors (Lipinski definition) is 8. The Kier molecular flexibility index (Phi) is 7.81. The molecule has 0 unspecified atom stereocenters. The van der Waals surface area contributed by atoms with Gasteiger partial charge in [-0.2, -0.15) is 0 Å². The van der Waals surface area contributed by atoms with Crippen molar-refractivity contribution in [1.29, 1.82) is 0 Å². The van der Waals surface area contributed by atoms with Crippen molar-refractivity contribution in [1.82, 2.24) is 15.0 Å². The van der Waals surface area contributed by atoms with Gasteiger partial charge in [-0.1, -0.05) is 36.8 Å². The molecule has 1 aromatic heterocycles. The second-order valence-electron chi connectivity index (χ2n) is 9.72. The molecule has 9 nitrogen and oxygen atoms in total. The quantitative estimate of drug-likeness (QED) is 0.130. The summed E-state index contributed by atoms with van der Waals surface area (Å²) in [5.74, 6) is 0.644. The van der Waals surface area contributed by atoms with Crippen LogP contribution >= 0.6 is 0 Å². The minimum absolute atomic E-state index is 0.0545. The Labute approximate surface area is 221 Å². The van der Waals surface area contributed by atoms with E-state index in [1.807, 2.05) is 38.1 Å². The molecule has 38 heavy (non-hydrogen) atoms. The van der Waals surface area contributed by atoms with Gasteiger partial charge in [0.15, 0.2) is 0 Å². The first kappa shape index (κ1) is 26.9. The lowest BCUT2D eigenvalue weighted by molar-refractivity contribution is -0.150. The van der Waals surface area contributed by atoms with Gasteiger partial charge in [0.25, 0.3) is 0 Å². The molecule has 2 heterocycles. The highest BCUT2D eigenvalue weighted by Gasteiger charge is 2.55. The summed E-state index contributed by atoms with van der Waals surface area (Å²) in [6.07, 6.45) is 7.19. The minimum Gasteiger partial charge on any atom is -0.466 e. The molecule has 1 aliphatic carbocycles. The summed E-state index contributed by atoms with van der Waals surface area (Å²) in [5.41, 5.74) is 4.25. The predicted molar refractivity (Wildman–Crippen MR) is 138 cm³/mol. The van der Waals surface area contributed by atoms with Gasteiger partial charge in [0, 0.05) is 30.5 Å². The molecule has 1 fully saturated rings. The fourth-order valence-electron chi connectivity index (χ4n) is 5.43. The smallest absolute Gasteiger partial charge is 0.334 e. The highest BCUT2D eigenvalue weighted by Crippen LogP contribution is 2.49. The second-order valence-corrected chi connectivity index (χ2v) is 9.72. The third-order valence-electron chi connectivity index (χ3n) is 7.16. The lowest BCUT2D eigenvalue weighted by Gasteiger charge is -2.41. The maximum absolute atomic E-state index is 12.7. The summed E-state index contributed by atoms with van der Waals surface area (Å²) >= 11 is 0. The van der Waals surface area contributed by atoms with E-state index in [2.05, 4.69) is 22.8 Å². The van der Waals surface area contributed by atoms with E-state index in [4.69, 9.17) is 20.6 Å². The van der Waals surface area contributed by atoms with Crippen molar-refractivity contribution in [2.75, 3.05) is 6.61 Å². The molecule has 5 atom stereocenters. The van der Waals surface area contributed by atoms with Gasteiger partial charge in [0.1, 0.15) is 23.9 Å². The van der Waals surface area contributed by atoms with Crippen LogP contribution in [0.25, 0.3) is 11.3 Å². The summed E-state index contributed by atoms with van der Waals surface area (Å²) < 4.78 is 18.4. The van der Waals surface area contributed by atoms with Gasteiger partial charge < -0.3 is 14.2 Å². The lowest BCUT2D eigenvalue weighted by atomic mass is 9.71. The third kappa shape index (κ3) is 5.25. The molecule has 0 bridgehead atoms. The Morgan fingerprint density at radius 2 is 1.95 bits per heavy atom. The van der Waals surface area contributed by atoms with Crippen molar-refractivity contribution in [3.63, 3.8) is 0 Å². The number of aromatic nitrogens is 3. The van der Waals surface area contributed by atoms with E-state index in [9.17, 15) is 14.4 Å². The van der Waals surface area contributed by atoms with E-state index in [-0.39, 0.29) is 17.5 Å². The molecule has 198 valence electrons. The summed E-state index contributed by atoms with van der Waals surface area (Å²) in [6, 6.07) is 6.93. The number of esters is 3. The number of carbonyl (C=O) groups excluding carboxylic acids is 3. The van der Waals surface area contributed by atoms with Crippen LogP contribution in [0.3, 0.4) is 0 Å². The van der Waals surface area contributed by atoms with Crippen LogP contribution in [0.5, 0.6) is 0 Å². The van der Waals surface area contributed by atoms with Gasteiger partial charge in [-0.15, -0.1) is 11.5 Å². The molecule has 2 aliphatic rings. The Morgan fingerprint density at radius 1 is 1.24 bits per heavy atom. The Bertz CT molecular complexity index is 1330. The molecular formula is C29H31N3O6. The van der Waals surface area contributed by atoms with Gasteiger partial charge >= 0.3 is 17.9 Å². The maximum atomic E-state index is 12.7. The molecule has 9 heteroatoms. The fourth-order valence-corrected chi connectivity index (χ4v) is 5.43. The van der Waals surface area contributed by atoms with Crippen molar-refractivity contribution < 1.29 is 28.6 Å². The first-order valence-corrected chi connectivity index (χ1v) is 12.5. The topological polar surface area (TPSA) is 110 Å². The van der Waals surface area contributed by atoms with Crippen molar-refractivity contribution in [2.45, 2.75) is 58.8 Å². The van der Waals surface area contributed by atoms with Crippen molar-refractivity contribution in [3.05, 3.63) is 59.3 Å². The Balaban J connectivity index is 1.74. The SMILES string of the molecule is C#Cc1ccc(-c2cn([C@@H]3C(C)=C([C@@H](C)CCCOC(C)=O)[C@@H](OC(C)=O)[C@@H]4C(=C)C(=O)O[C@@H]43)nn2)cc1. The first-order chi connectivity index (χ1) is 18.1. The van der Waals surface area contributed by atoms with Crippen LogP contribution in [0, 0.1) is 24.2 Å². The first-order valence-electron chi connectivity index (χ1n) is 12.5. The van der Waals surface area contributed by atoms with E-state index in [1.165, 1.54) is 13.8 Å². The summed E-state index contributed by atoms with van der Waals surface area (Å²) in [5, 5.41) is 8.76. The van der Waals surface area contributed by atoms with E-state index >= 15 is 0 Å². The van der Waals surface area contributed by atoms with Crippen LogP contribution in [0.2, 0.25) is 0 Å². The molecule has 0 spiro atoms. The minimum atomic E-state index is -0.712. The normalized spacial score (nSPS) is 23.3. The molecule has 0 amide bonds. The molecule has 0 radical (unpaired) electrons. The van der Waals surface area contributed by atoms with Crippen molar-refractivity contribution in [3.8, 4) is 23.6 Å². The molecule has 1 aromatic carbocycles. The molecule has 2 aromatic rings. The van der Waals surface area contributed by atoms with Gasteiger partial charge in [-0.25, -0.2) is 9.48 Å². The van der Waals surface area contributed by atoms with E-state index < -0.39 is 36.1 Å². The number of ether oxygens (including phenoxy) is 3. The average Bonchev–Trinajstić information content (AvgIpc) is 3.46. The number of carbonyl (C=O) groups is 3. The maximum Gasteiger partial charge on any atom is 0.334 e. The van der Waals surface area contributed by atoms with Crippen molar-refractivity contribution >= 4 is 17.9 Å². The molecular weight excluding hydrogens is 486 g/mol. The van der Waals surface area contributed by atoms with Crippen LogP contribution in [0.1, 0.15) is 52.1 Å². The van der Waals surface area contributed by atoms with Crippen LogP contribution in [-0.2, 0) is 28.6 Å². The van der Waals surface area contributed by atoms with Crippen molar-refractivity contribution in [2.24, 2.45) is 11.8 Å². The number of benzene rings is 1. The number of nitrogens with zero attached hydrogens (tertiary/aromatic N) is 3. The Hall–Kier alpha value is -4.19. The molecule has 4 rings (SSSR count). The molecule has 0 N–H and O–H groups in total. The largest absolute Gasteiger partial charge is 0.466 e. The zero-order valence-corrected chi connectivity index (χ0v) is 22.0. The summed E-state index contributed by atoms with van der Waals surface area (Å²) in [7, 11) is 0. The monoisotopic (exact) mass is 517 g/mol. The number of fused-ring (bicyclic) bond motifs is 1. The zero-order valence-electron chi connectivity index (χ0n) is 22.0. The molecule has 1 saturated heterocycles. The number of rotatable bonds is 8. The highest BCUT2D eigenvalue weighted by molar-refractivity contribution is 5.91. The highest BCUT2D eigenvalue weighted by atomic mass is 16.6. The summed E-state index contributed by atoms with van der Waals surface area (Å²) in [4.78, 5) is 36.0. The van der Waals surface area contributed by atoms with E-state index in [0.717, 1.165) is 22.3 Å². The van der Waals surface area contributed by atoms with E-state index in [1.54, 1.807) is 10.9 Å². The molecule has 1 aliphatic heterocycles. The third-order valence-corrected chi connectivity index (χ3v) is 7.16. The zero-order chi connectivity index (χ0) is 27.6.